The lowest BCUT2D eigenvalue weighted by atomic mass is 10.0. The average molecular weight is 408 g/mol. The molecule has 2 heterocycles. The van der Waals surface area contributed by atoms with Crippen molar-refractivity contribution in [3.05, 3.63) is 57.5 Å². The second-order valence-corrected chi connectivity index (χ2v) is 7.11. The monoisotopic (exact) mass is 408 g/mol. The number of piperidine rings is 1. The molecule has 1 aromatic carbocycles. The van der Waals surface area contributed by atoms with Gasteiger partial charge in [0, 0.05) is 30.9 Å². The van der Waals surface area contributed by atoms with E-state index in [0.29, 0.717) is 0 Å². The Hall–Kier alpha value is -2.68. The predicted octanol–water partition coefficient (Wildman–Crippen LogP) is 2.77. The highest BCUT2D eigenvalue weighted by molar-refractivity contribution is 5.92. The Bertz CT molecular complexity index is 947. The number of amides is 1. The van der Waals surface area contributed by atoms with E-state index >= 15 is 0 Å². The van der Waals surface area contributed by atoms with Crippen molar-refractivity contribution < 1.29 is 18.0 Å². The van der Waals surface area contributed by atoms with Gasteiger partial charge in [0.05, 0.1) is 11.3 Å². The molecule has 0 unspecified atom stereocenters. The molecule has 1 fully saturated rings. The number of hydrogen-bond donors (Lipinski definition) is 1. The van der Waals surface area contributed by atoms with Crippen LogP contribution < -0.4 is 10.7 Å². The van der Waals surface area contributed by atoms with Gasteiger partial charge in [-0.3, -0.25) is 9.59 Å². The summed E-state index contributed by atoms with van der Waals surface area (Å²) in [5.74, 6) is -0.664. The summed E-state index contributed by atoms with van der Waals surface area (Å²) in [6.07, 6.45) is -3.10. The molecule has 3 rings (SSSR count). The van der Waals surface area contributed by atoms with Gasteiger partial charge in [-0.25, -0.2) is 4.68 Å². The van der Waals surface area contributed by atoms with Crippen molar-refractivity contribution >= 4 is 5.91 Å². The first-order valence-electron chi connectivity index (χ1n) is 9.51. The number of nitrogens with one attached hydrogen (secondary N) is 1. The number of aromatic nitrogens is 2. The number of rotatable bonds is 4. The summed E-state index contributed by atoms with van der Waals surface area (Å²) in [4.78, 5) is 27.2. The standard InChI is InChI=1S/C20H23F3N4O2/c1-3-26-10-8-14(9-11-26)24-19(29)18-17(28)12-13(2)27(25-18)16-7-5-4-6-15(16)20(21,22)23/h4-7,12,14H,3,8-11H2,1-2H3,(H,24,29). The van der Waals surface area contributed by atoms with Gasteiger partial charge >= 0.3 is 6.18 Å². The normalized spacial score (nSPS) is 16.0. The zero-order valence-corrected chi connectivity index (χ0v) is 16.3. The van der Waals surface area contributed by atoms with Crippen LogP contribution in [0.15, 0.2) is 35.1 Å². The van der Waals surface area contributed by atoms with Crippen molar-refractivity contribution in [3.63, 3.8) is 0 Å². The molecule has 1 amide bonds. The lowest BCUT2D eigenvalue weighted by molar-refractivity contribution is -0.137. The molecule has 9 heteroatoms. The average Bonchev–Trinajstić information content (AvgIpc) is 2.68. The van der Waals surface area contributed by atoms with Crippen molar-refractivity contribution in [2.45, 2.75) is 38.9 Å². The molecule has 1 aromatic heterocycles. The minimum atomic E-state index is -4.59. The molecule has 1 aliphatic rings. The molecule has 156 valence electrons. The van der Waals surface area contributed by atoms with Gasteiger partial charge in [0.25, 0.3) is 5.91 Å². The number of aryl methyl sites for hydroxylation is 1. The fourth-order valence-corrected chi connectivity index (χ4v) is 3.49. The number of benzene rings is 1. The molecule has 2 aromatic rings. The van der Waals surface area contributed by atoms with Gasteiger partial charge in [-0.05, 0) is 38.4 Å². The van der Waals surface area contributed by atoms with E-state index in [9.17, 15) is 22.8 Å². The summed E-state index contributed by atoms with van der Waals surface area (Å²) in [5, 5.41) is 6.79. The van der Waals surface area contributed by atoms with Crippen LogP contribution in [0.3, 0.4) is 0 Å². The summed E-state index contributed by atoms with van der Waals surface area (Å²) in [7, 11) is 0. The van der Waals surface area contributed by atoms with Crippen LogP contribution in [0.1, 0.15) is 41.5 Å². The summed E-state index contributed by atoms with van der Waals surface area (Å²) >= 11 is 0. The van der Waals surface area contributed by atoms with Gasteiger partial charge in [0.15, 0.2) is 5.69 Å². The van der Waals surface area contributed by atoms with Crippen molar-refractivity contribution in [3.8, 4) is 5.69 Å². The fourth-order valence-electron chi connectivity index (χ4n) is 3.49. The van der Waals surface area contributed by atoms with Gasteiger partial charge in [-0.2, -0.15) is 18.3 Å². The highest BCUT2D eigenvalue weighted by atomic mass is 19.4. The molecular formula is C20H23F3N4O2. The predicted molar refractivity (Wildman–Crippen MR) is 102 cm³/mol. The second kappa shape index (κ2) is 8.36. The Kier molecular flexibility index (Phi) is 6.07. The molecule has 0 saturated carbocycles. The third kappa shape index (κ3) is 4.67. The minimum Gasteiger partial charge on any atom is -0.348 e. The minimum absolute atomic E-state index is 0.0938. The molecule has 0 radical (unpaired) electrons. The highest BCUT2D eigenvalue weighted by Crippen LogP contribution is 2.33. The van der Waals surface area contributed by atoms with Crippen molar-refractivity contribution in [1.29, 1.82) is 0 Å². The van der Waals surface area contributed by atoms with Crippen LogP contribution in [0, 0.1) is 6.92 Å². The second-order valence-electron chi connectivity index (χ2n) is 7.11. The van der Waals surface area contributed by atoms with Crippen LogP contribution in [0.5, 0.6) is 0 Å². The van der Waals surface area contributed by atoms with E-state index in [4.69, 9.17) is 0 Å². The highest BCUT2D eigenvalue weighted by Gasteiger charge is 2.34. The first kappa shape index (κ1) is 21.0. The van der Waals surface area contributed by atoms with Crippen LogP contribution in [-0.4, -0.2) is 46.3 Å². The van der Waals surface area contributed by atoms with Crippen molar-refractivity contribution in [2.75, 3.05) is 19.6 Å². The maximum atomic E-state index is 13.4. The SMILES string of the molecule is CCN1CCC(NC(=O)c2nn(-c3ccccc3C(F)(F)F)c(C)cc2=O)CC1. The maximum absolute atomic E-state index is 13.4. The van der Waals surface area contributed by atoms with Crippen molar-refractivity contribution in [2.24, 2.45) is 0 Å². The van der Waals surface area contributed by atoms with Crippen molar-refractivity contribution in [1.82, 2.24) is 20.0 Å². The van der Waals surface area contributed by atoms with Crippen LogP contribution in [0.4, 0.5) is 13.2 Å². The zero-order valence-electron chi connectivity index (χ0n) is 16.3. The number of alkyl halides is 3. The fraction of sp³-hybridized carbons (Fsp3) is 0.450. The molecule has 1 aliphatic heterocycles. The smallest absolute Gasteiger partial charge is 0.348 e. The third-order valence-corrected chi connectivity index (χ3v) is 5.13. The van der Waals surface area contributed by atoms with Gasteiger partial charge in [0.2, 0.25) is 5.43 Å². The topological polar surface area (TPSA) is 67.2 Å². The third-order valence-electron chi connectivity index (χ3n) is 5.13. The first-order valence-corrected chi connectivity index (χ1v) is 9.51. The number of carbonyl (C=O) groups is 1. The number of likely N-dealkylation sites (tertiary alicyclic amines) is 1. The number of nitrogens with zero attached hydrogens (tertiary/aromatic N) is 3. The number of halogens is 3. The summed E-state index contributed by atoms with van der Waals surface area (Å²) in [6.45, 7) is 6.15. The maximum Gasteiger partial charge on any atom is 0.418 e. The summed E-state index contributed by atoms with van der Waals surface area (Å²) in [6, 6.07) is 5.97. The largest absolute Gasteiger partial charge is 0.418 e. The van der Waals surface area contributed by atoms with E-state index < -0.39 is 28.8 Å². The first-order chi connectivity index (χ1) is 13.7. The molecule has 29 heavy (non-hydrogen) atoms. The molecule has 6 nitrogen and oxygen atoms in total. The molecule has 1 saturated heterocycles. The molecule has 0 aliphatic carbocycles. The lowest BCUT2D eigenvalue weighted by Gasteiger charge is -2.31. The van der Waals surface area contributed by atoms with Crippen LogP contribution >= 0.6 is 0 Å². The Labute approximate surface area is 166 Å². The quantitative estimate of drug-likeness (QED) is 0.845. The molecule has 0 atom stereocenters. The van der Waals surface area contributed by atoms with E-state index in [0.717, 1.165) is 49.3 Å². The van der Waals surface area contributed by atoms with Crippen LogP contribution in [-0.2, 0) is 6.18 Å². The molecule has 1 N–H and O–H groups in total. The zero-order chi connectivity index (χ0) is 21.2. The van der Waals surface area contributed by atoms with E-state index in [1.165, 1.54) is 25.1 Å². The number of hydrogen-bond acceptors (Lipinski definition) is 4. The molecule has 0 bridgehead atoms. The Morgan fingerprint density at radius 2 is 1.90 bits per heavy atom. The van der Waals surface area contributed by atoms with Crippen LogP contribution in [0.2, 0.25) is 0 Å². The van der Waals surface area contributed by atoms with Gasteiger partial charge in [-0.15, -0.1) is 0 Å². The molecule has 0 spiro atoms. The van der Waals surface area contributed by atoms with E-state index in [-0.39, 0.29) is 17.4 Å². The van der Waals surface area contributed by atoms with E-state index in [1.807, 2.05) is 0 Å². The summed E-state index contributed by atoms with van der Waals surface area (Å²) < 4.78 is 41.2. The van der Waals surface area contributed by atoms with Gasteiger partial charge in [-0.1, -0.05) is 19.1 Å². The van der Waals surface area contributed by atoms with Gasteiger partial charge < -0.3 is 10.2 Å². The number of carbonyl (C=O) groups excluding carboxylic acids is 1. The Balaban J connectivity index is 1.91. The van der Waals surface area contributed by atoms with Crippen LogP contribution in [0.25, 0.3) is 5.69 Å². The number of para-hydroxylation sites is 1. The van der Waals surface area contributed by atoms with Gasteiger partial charge in [0.1, 0.15) is 0 Å². The molecular weight excluding hydrogens is 385 g/mol. The lowest BCUT2D eigenvalue weighted by Crippen LogP contribution is -2.45. The summed E-state index contributed by atoms with van der Waals surface area (Å²) in [5.41, 5.74) is -1.95. The Morgan fingerprint density at radius 1 is 1.24 bits per heavy atom. The van der Waals surface area contributed by atoms with E-state index in [2.05, 4.69) is 22.2 Å². The Morgan fingerprint density at radius 3 is 2.52 bits per heavy atom. The van der Waals surface area contributed by atoms with E-state index in [1.54, 1.807) is 0 Å².